The molecule has 0 aliphatic heterocycles. The molecule has 0 heterocycles. The molecule has 4 heteroatoms. The fourth-order valence-corrected chi connectivity index (χ4v) is 3.80. The van der Waals surface area contributed by atoms with Crippen molar-refractivity contribution in [2.45, 2.75) is 142 Å². The maximum Gasteiger partial charge on any atom is 0.303 e. The third kappa shape index (κ3) is 21.7. The summed E-state index contributed by atoms with van der Waals surface area (Å²) in [5.74, 6) is -0.823. The van der Waals surface area contributed by atoms with E-state index in [2.05, 4.69) is 6.92 Å². The normalized spacial score (nSPS) is 12.1. The Labute approximate surface area is 180 Å². The van der Waals surface area contributed by atoms with Crippen molar-refractivity contribution in [2.24, 2.45) is 0 Å². The third-order valence-corrected chi connectivity index (χ3v) is 5.64. The largest absolute Gasteiger partial charge is 0.484 e. The maximum absolute atomic E-state index is 10.5. The number of aliphatic carboxylic acids is 1. The quantitative estimate of drug-likeness (QED) is 0.152. The van der Waals surface area contributed by atoms with Gasteiger partial charge in [-0.3, -0.25) is 4.79 Å². The summed E-state index contributed by atoms with van der Waals surface area (Å²) >= 11 is 5.08. The van der Waals surface area contributed by atoms with Gasteiger partial charge in [-0.05, 0) is 32.0 Å². The second-order valence-corrected chi connectivity index (χ2v) is 8.74. The molecule has 0 aliphatic rings. The summed E-state index contributed by atoms with van der Waals surface area (Å²) in [5, 5.41) is 9.08. The van der Waals surface area contributed by atoms with Gasteiger partial charge < -0.3 is 9.84 Å². The van der Waals surface area contributed by atoms with Crippen molar-refractivity contribution in [3.8, 4) is 0 Å². The van der Waals surface area contributed by atoms with Crippen LogP contribution in [-0.4, -0.2) is 22.2 Å². The highest BCUT2D eigenvalue weighted by Gasteiger charge is 2.08. The molecule has 0 radical (unpaired) electrons. The van der Waals surface area contributed by atoms with Crippen LogP contribution in [0.15, 0.2) is 0 Å². The van der Waals surface area contributed by atoms with Crippen LogP contribution < -0.4 is 0 Å². The molecule has 3 nitrogen and oxygen atoms in total. The van der Waals surface area contributed by atoms with Crippen LogP contribution in [0.1, 0.15) is 136 Å². The first-order valence-corrected chi connectivity index (χ1v) is 12.4. The summed E-state index contributed by atoms with van der Waals surface area (Å²) in [6.07, 6.45) is 23.6. The van der Waals surface area contributed by atoms with Crippen LogP contribution in [0.5, 0.6) is 0 Å². The zero-order valence-electron chi connectivity index (χ0n) is 18.7. The SMILES string of the molecule is CCCCCCCCCCCCCCCCCCC(C)OC(=S)CCC(=O)O. The number of carboxylic acids is 1. The zero-order chi connectivity index (χ0) is 20.9. The molecule has 0 aromatic heterocycles. The van der Waals surface area contributed by atoms with Gasteiger partial charge in [-0.1, -0.05) is 103 Å². The standard InChI is InChI=1S/C24H46O3S/c1-3-4-5-6-7-8-9-10-11-12-13-14-15-16-17-18-19-22(2)27-24(28)21-20-23(25)26/h22H,3-21H2,1-2H3,(H,25,26). The summed E-state index contributed by atoms with van der Waals surface area (Å²) < 4.78 is 5.59. The van der Waals surface area contributed by atoms with Gasteiger partial charge in [-0.25, -0.2) is 0 Å². The molecule has 0 bridgehead atoms. The molecule has 166 valence electrons. The lowest BCUT2D eigenvalue weighted by Gasteiger charge is -2.14. The molecule has 0 saturated carbocycles. The van der Waals surface area contributed by atoms with Gasteiger partial charge in [0, 0.05) is 6.42 Å². The first kappa shape index (κ1) is 27.4. The second-order valence-electron chi connectivity index (χ2n) is 8.29. The van der Waals surface area contributed by atoms with Crippen molar-refractivity contribution in [2.75, 3.05) is 0 Å². The lowest BCUT2D eigenvalue weighted by molar-refractivity contribution is -0.136. The Bertz CT molecular complexity index is 371. The summed E-state index contributed by atoms with van der Waals surface area (Å²) in [4.78, 5) is 10.5. The number of thiocarbonyl (C=S) groups is 1. The average molecular weight is 415 g/mol. The van der Waals surface area contributed by atoms with E-state index in [0.717, 1.165) is 6.42 Å². The maximum atomic E-state index is 10.5. The number of carbonyl (C=O) groups is 1. The lowest BCUT2D eigenvalue weighted by Crippen LogP contribution is -2.14. The Kier molecular flexibility index (Phi) is 20.6. The van der Waals surface area contributed by atoms with E-state index in [4.69, 9.17) is 22.1 Å². The first-order chi connectivity index (χ1) is 13.6. The number of unbranched alkanes of at least 4 members (excludes halogenated alkanes) is 15. The Morgan fingerprint density at radius 3 is 1.54 bits per heavy atom. The van der Waals surface area contributed by atoms with Gasteiger partial charge in [0.25, 0.3) is 0 Å². The molecule has 0 rings (SSSR count). The summed E-state index contributed by atoms with van der Waals surface area (Å²) in [6, 6.07) is 0. The fourth-order valence-electron chi connectivity index (χ4n) is 3.53. The predicted molar refractivity (Wildman–Crippen MR) is 124 cm³/mol. The Hall–Kier alpha value is -0.640. The van der Waals surface area contributed by atoms with Crippen LogP contribution in [0.4, 0.5) is 0 Å². The molecular formula is C24H46O3S. The molecule has 1 atom stereocenters. The fraction of sp³-hybridized carbons (Fsp3) is 0.917. The van der Waals surface area contributed by atoms with E-state index in [9.17, 15) is 4.79 Å². The van der Waals surface area contributed by atoms with Crippen LogP contribution in [0.25, 0.3) is 0 Å². The molecule has 28 heavy (non-hydrogen) atoms. The van der Waals surface area contributed by atoms with Gasteiger partial charge in [0.05, 0.1) is 12.5 Å². The van der Waals surface area contributed by atoms with E-state index in [0.29, 0.717) is 11.5 Å². The van der Waals surface area contributed by atoms with Crippen molar-refractivity contribution in [1.29, 1.82) is 0 Å². The Morgan fingerprint density at radius 1 is 0.750 bits per heavy atom. The molecule has 0 saturated heterocycles. The molecule has 0 aromatic carbocycles. The Morgan fingerprint density at radius 2 is 1.14 bits per heavy atom. The van der Waals surface area contributed by atoms with E-state index in [-0.39, 0.29) is 12.5 Å². The number of carboxylic acid groups (broad SMARTS) is 1. The van der Waals surface area contributed by atoms with Crippen LogP contribution in [0, 0.1) is 0 Å². The molecule has 1 unspecified atom stereocenters. The van der Waals surface area contributed by atoms with E-state index < -0.39 is 5.97 Å². The van der Waals surface area contributed by atoms with Gasteiger partial charge in [0.2, 0.25) is 0 Å². The molecule has 0 aliphatic carbocycles. The molecule has 0 spiro atoms. The van der Waals surface area contributed by atoms with Gasteiger partial charge in [0.1, 0.15) is 0 Å². The minimum absolute atomic E-state index is 0.0601. The molecule has 0 amide bonds. The van der Waals surface area contributed by atoms with E-state index >= 15 is 0 Å². The van der Waals surface area contributed by atoms with Crippen LogP contribution >= 0.6 is 12.2 Å². The molecule has 0 aromatic rings. The molecule has 0 fully saturated rings. The van der Waals surface area contributed by atoms with E-state index in [1.165, 1.54) is 103 Å². The highest BCUT2D eigenvalue weighted by molar-refractivity contribution is 7.80. The third-order valence-electron chi connectivity index (χ3n) is 5.34. The smallest absolute Gasteiger partial charge is 0.303 e. The van der Waals surface area contributed by atoms with Gasteiger partial charge in [0.15, 0.2) is 5.05 Å². The van der Waals surface area contributed by atoms with Gasteiger partial charge in [-0.15, -0.1) is 0 Å². The minimum atomic E-state index is -0.823. The van der Waals surface area contributed by atoms with Crippen LogP contribution in [-0.2, 0) is 9.53 Å². The lowest BCUT2D eigenvalue weighted by atomic mass is 10.0. The van der Waals surface area contributed by atoms with Crippen molar-refractivity contribution >= 4 is 23.2 Å². The predicted octanol–water partition coefficient (Wildman–Crippen LogP) is 8.24. The number of rotatable bonds is 21. The Balaban J connectivity index is 3.22. The zero-order valence-corrected chi connectivity index (χ0v) is 19.5. The minimum Gasteiger partial charge on any atom is -0.484 e. The van der Waals surface area contributed by atoms with E-state index in [1.807, 2.05) is 6.92 Å². The van der Waals surface area contributed by atoms with Gasteiger partial charge in [-0.2, -0.15) is 0 Å². The molecular weight excluding hydrogens is 368 g/mol. The van der Waals surface area contributed by atoms with Gasteiger partial charge >= 0.3 is 5.97 Å². The molecule has 1 N–H and O–H groups in total. The number of hydrogen-bond donors (Lipinski definition) is 1. The first-order valence-electron chi connectivity index (χ1n) is 12.0. The highest BCUT2D eigenvalue weighted by atomic mass is 32.1. The summed E-state index contributed by atoms with van der Waals surface area (Å²) in [7, 11) is 0. The number of hydrogen-bond acceptors (Lipinski definition) is 3. The average Bonchev–Trinajstić information content (AvgIpc) is 2.66. The topological polar surface area (TPSA) is 46.5 Å². The van der Waals surface area contributed by atoms with Crippen LogP contribution in [0.3, 0.4) is 0 Å². The summed E-state index contributed by atoms with van der Waals surface area (Å²) in [5.41, 5.74) is 0. The monoisotopic (exact) mass is 414 g/mol. The van der Waals surface area contributed by atoms with Crippen molar-refractivity contribution in [3.63, 3.8) is 0 Å². The van der Waals surface area contributed by atoms with Crippen molar-refractivity contribution in [3.05, 3.63) is 0 Å². The van der Waals surface area contributed by atoms with Crippen molar-refractivity contribution < 1.29 is 14.6 Å². The highest BCUT2D eigenvalue weighted by Crippen LogP contribution is 2.15. The van der Waals surface area contributed by atoms with Crippen molar-refractivity contribution in [1.82, 2.24) is 0 Å². The number of ether oxygens (including phenoxy) is 1. The second kappa shape index (κ2) is 21.1. The van der Waals surface area contributed by atoms with Crippen LogP contribution in [0.2, 0.25) is 0 Å². The summed E-state index contributed by atoms with van der Waals surface area (Å²) in [6.45, 7) is 4.31. The van der Waals surface area contributed by atoms with E-state index in [1.54, 1.807) is 0 Å².